The first kappa shape index (κ1) is 17.5. The van der Waals surface area contributed by atoms with Crippen molar-refractivity contribution in [2.45, 2.75) is 18.3 Å². The fraction of sp³-hybridized carbons (Fsp3) is 0.278. The zero-order chi connectivity index (χ0) is 16.9. The lowest BCUT2D eigenvalue weighted by molar-refractivity contribution is 0.0526. The van der Waals surface area contributed by atoms with E-state index in [0.29, 0.717) is 16.9 Å². The van der Waals surface area contributed by atoms with Crippen LogP contribution >= 0.6 is 11.8 Å². The normalized spacial score (nSPS) is 13.4. The van der Waals surface area contributed by atoms with Crippen LogP contribution in [0.2, 0.25) is 0 Å². The van der Waals surface area contributed by atoms with Crippen LogP contribution in [-0.4, -0.2) is 23.8 Å². The maximum absolute atomic E-state index is 13.6. The third-order valence-corrected chi connectivity index (χ3v) is 4.20. The van der Waals surface area contributed by atoms with Crippen LogP contribution in [0.4, 0.5) is 4.39 Å². The van der Waals surface area contributed by atoms with Crippen molar-refractivity contribution >= 4 is 17.7 Å². The highest BCUT2D eigenvalue weighted by Crippen LogP contribution is 2.20. The topological polar surface area (TPSA) is 49.3 Å². The number of carbonyl (C=O) groups excluding carboxylic acids is 1. The lowest BCUT2D eigenvalue weighted by atomic mass is 9.96. The average molecular weight is 333 g/mol. The molecule has 2 aromatic rings. The number of benzene rings is 2. The lowest BCUT2D eigenvalue weighted by Crippen LogP contribution is -2.38. The summed E-state index contributed by atoms with van der Waals surface area (Å²) in [6.45, 7) is 1.72. The molecule has 0 fully saturated rings. The van der Waals surface area contributed by atoms with Crippen LogP contribution in [0.3, 0.4) is 0 Å². The number of aliphatic hydroxyl groups is 1. The number of hydrogen-bond donors (Lipinski definition) is 2. The van der Waals surface area contributed by atoms with Crippen LogP contribution in [0.1, 0.15) is 28.4 Å². The molecule has 0 bridgehead atoms. The van der Waals surface area contributed by atoms with Gasteiger partial charge in [-0.05, 0) is 42.5 Å². The second-order valence-electron chi connectivity index (χ2n) is 5.56. The van der Waals surface area contributed by atoms with Crippen molar-refractivity contribution in [3.63, 3.8) is 0 Å². The van der Waals surface area contributed by atoms with Crippen molar-refractivity contribution in [3.05, 3.63) is 71.0 Å². The molecule has 0 radical (unpaired) electrons. The van der Waals surface area contributed by atoms with Crippen molar-refractivity contribution in [1.29, 1.82) is 0 Å². The molecule has 0 saturated carbocycles. The van der Waals surface area contributed by atoms with Crippen LogP contribution in [0.25, 0.3) is 0 Å². The number of hydrogen-bond acceptors (Lipinski definition) is 3. The Kier molecular flexibility index (Phi) is 5.80. The van der Waals surface area contributed by atoms with E-state index in [9.17, 15) is 14.3 Å². The molecular weight excluding hydrogens is 313 g/mol. The Balaban J connectivity index is 2.06. The summed E-state index contributed by atoms with van der Waals surface area (Å²) in [5.41, 5.74) is 0.445. The van der Waals surface area contributed by atoms with Gasteiger partial charge in [-0.15, -0.1) is 0 Å². The summed E-state index contributed by atoms with van der Waals surface area (Å²) < 4.78 is 13.6. The highest BCUT2D eigenvalue weighted by molar-refractivity contribution is 7.97. The zero-order valence-electron chi connectivity index (χ0n) is 13.2. The quantitative estimate of drug-likeness (QED) is 0.852. The molecule has 2 rings (SSSR count). The van der Waals surface area contributed by atoms with Gasteiger partial charge in [0.05, 0.1) is 6.54 Å². The van der Waals surface area contributed by atoms with Gasteiger partial charge in [0, 0.05) is 11.3 Å². The van der Waals surface area contributed by atoms with Crippen LogP contribution in [0.15, 0.2) is 48.5 Å². The molecule has 1 amide bonds. The Labute approximate surface area is 139 Å². The molecule has 0 aliphatic carbocycles. The maximum Gasteiger partial charge on any atom is 0.251 e. The first-order valence-corrected chi connectivity index (χ1v) is 8.67. The minimum Gasteiger partial charge on any atom is -0.384 e. The van der Waals surface area contributed by atoms with Gasteiger partial charge in [0.25, 0.3) is 5.91 Å². The van der Waals surface area contributed by atoms with Crippen molar-refractivity contribution in [3.8, 4) is 0 Å². The number of nitrogens with one attached hydrogen (secondary N) is 1. The summed E-state index contributed by atoms with van der Waals surface area (Å²) in [7, 11) is 0. The molecule has 0 aromatic heterocycles. The minimum absolute atomic E-state index is 0.0745. The molecule has 2 N–H and O–H groups in total. The van der Waals surface area contributed by atoms with E-state index in [1.54, 1.807) is 25.1 Å². The van der Waals surface area contributed by atoms with Gasteiger partial charge < -0.3 is 10.4 Å². The number of rotatable bonds is 6. The molecule has 5 heteroatoms. The van der Waals surface area contributed by atoms with E-state index in [-0.39, 0.29) is 18.3 Å². The Morgan fingerprint density at radius 1 is 1.26 bits per heavy atom. The smallest absolute Gasteiger partial charge is 0.251 e. The molecule has 3 nitrogen and oxygen atoms in total. The Hall–Kier alpha value is -1.85. The number of carbonyl (C=O) groups is 1. The molecular formula is C18H20FNO2S. The molecule has 1 atom stereocenters. The summed E-state index contributed by atoms with van der Waals surface area (Å²) in [5.74, 6) is -0.134. The van der Waals surface area contributed by atoms with Gasteiger partial charge in [-0.3, -0.25) is 4.79 Å². The van der Waals surface area contributed by atoms with Gasteiger partial charge in [0.1, 0.15) is 11.4 Å². The van der Waals surface area contributed by atoms with Crippen molar-refractivity contribution < 1.29 is 14.3 Å². The molecule has 0 saturated heterocycles. The third-order valence-electron chi connectivity index (χ3n) is 3.60. The first-order valence-electron chi connectivity index (χ1n) is 7.27. The van der Waals surface area contributed by atoms with Gasteiger partial charge in [-0.25, -0.2) is 4.39 Å². The van der Waals surface area contributed by atoms with Crippen molar-refractivity contribution in [2.75, 3.05) is 12.8 Å². The van der Waals surface area contributed by atoms with Crippen LogP contribution in [0, 0.1) is 5.82 Å². The third kappa shape index (κ3) is 4.56. The largest absolute Gasteiger partial charge is 0.384 e. The lowest BCUT2D eigenvalue weighted by Gasteiger charge is -2.24. The summed E-state index contributed by atoms with van der Waals surface area (Å²) in [6.07, 6.45) is 1.88. The zero-order valence-corrected chi connectivity index (χ0v) is 14.0. The molecule has 0 spiro atoms. The van der Waals surface area contributed by atoms with E-state index in [2.05, 4.69) is 5.32 Å². The van der Waals surface area contributed by atoms with Gasteiger partial charge in [0.2, 0.25) is 0 Å². The number of amides is 1. The van der Waals surface area contributed by atoms with E-state index < -0.39 is 5.60 Å². The van der Waals surface area contributed by atoms with E-state index >= 15 is 0 Å². The van der Waals surface area contributed by atoms with E-state index in [4.69, 9.17) is 0 Å². The summed E-state index contributed by atoms with van der Waals surface area (Å²) in [6, 6.07) is 13.5. The predicted octanol–water partition coefficient (Wildman–Crippen LogP) is 3.33. The minimum atomic E-state index is -1.17. The van der Waals surface area contributed by atoms with Crippen LogP contribution < -0.4 is 5.32 Å². The van der Waals surface area contributed by atoms with Crippen molar-refractivity contribution in [1.82, 2.24) is 5.32 Å². The summed E-state index contributed by atoms with van der Waals surface area (Å²) in [4.78, 5) is 12.2. The van der Waals surface area contributed by atoms with E-state index in [0.717, 1.165) is 5.56 Å². The van der Waals surface area contributed by atoms with Crippen LogP contribution in [0.5, 0.6) is 0 Å². The average Bonchev–Trinajstić information content (AvgIpc) is 2.56. The summed E-state index contributed by atoms with van der Waals surface area (Å²) >= 11 is 1.49. The Bertz CT molecular complexity index is 674. The maximum atomic E-state index is 13.6. The molecule has 1 unspecified atom stereocenters. The van der Waals surface area contributed by atoms with Gasteiger partial charge in [-0.2, -0.15) is 11.8 Å². The Morgan fingerprint density at radius 2 is 1.96 bits per heavy atom. The van der Waals surface area contributed by atoms with Crippen LogP contribution in [-0.2, 0) is 11.4 Å². The highest BCUT2D eigenvalue weighted by atomic mass is 32.2. The monoisotopic (exact) mass is 333 g/mol. The second kappa shape index (κ2) is 7.62. The van der Waals surface area contributed by atoms with E-state index in [1.807, 2.05) is 24.5 Å². The van der Waals surface area contributed by atoms with Gasteiger partial charge >= 0.3 is 0 Å². The Morgan fingerprint density at radius 3 is 2.61 bits per heavy atom. The molecule has 0 heterocycles. The van der Waals surface area contributed by atoms with E-state index in [1.165, 1.54) is 23.9 Å². The molecule has 0 aliphatic heterocycles. The van der Waals surface area contributed by atoms with Gasteiger partial charge in [0.15, 0.2) is 0 Å². The SMILES string of the molecule is CSCc1cc(C(=O)NCC(C)(O)c2ccccc2)ccc1F. The number of halogens is 1. The first-order chi connectivity index (χ1) is 10.9. The molecule has 2 aromatic carbocycles. The predicted molar refractivity (Wildman–Crippen MR) is 92.0 cm³/mol. The second-order valence-corrected chi connectivity index (χ2v) is 6.43. The van der Waals surface area contributed by atoms with Crippen molar-refractivity contribution in [2.24, 2.45) is 0 Å². The van der Waals surface area contributed by atoms with Gasteiger partial charge in [-0.1, -0.05) is 30.3 Å². The molecule has 0 aliphatic rings. The highest BCUT2D eigenvalue weighted by Gasteiger charge is 2.23. The molecule has 23 heavy (non-hydrogen) atoms. The molecule has 122 valence electrons. The standard InChI is InChI=1S/C18H20FNO2S/c1-18(22,15-6-4-3-5-7-15)12-20-17(21)13-8-9-16(19)14(10-13)11-23-2/h3-10,22H,11-12H2,1-2H3,(H,20,21). The fourth-order valence-electron chi connectivity index (χ4n) is 2.24. The summed E-state index contributed by atoms with van der Waals surface area (Å²) in [5, 5.41) is 13.2. The number of thioether (sulfide) groups is 1. The fourth-order valence-corrected chi connectivity index (χ4v) is 2.77.